The van der Waals surface area contributed by atoms with E-state index >= 15 is 0 Å². The lowest BCUT2D eigenvalue weighted by molar-refractivity contribution is -0.174. The summed E-state index contributed by atoms with van der Waals surface area (Å²) in [6.45, 7) is 0.849. The lowest BCUT2D eigenvalue weighted by Crippen LogP contribution is -2.57. The molecular weight excluding hydrogens is 495 g/mol. The van der Waals surface area contributed by atoms with Crippen LogP contribution in [0.2, 0.25) is 0 Å². The second-order valence-corrected chi connectivity index (χ2v) is 9.28. The van der Waals surface area contributed by atoms with Gasteiger partial charge in [-0.05, 0) is 49.2 Å². The van der Waals surface area contributed by atoms with E-state index in [4.69, 9.17) is 14.3 Å². The fourth-order valence-corrected chi connectivity index (χ4v) is 4.52. The van der Waals surface area contributed by atoms with Gasteiger partial charge in [0.05, 0.1) is 5.71 Å². The summed E-state index contributed by atoms with van der Waals surface area (Å²) in [5.41, 5.74) is 2.29. The SMILES string of the molecule is Cc1cc(C2=NOC(C)(c3ccc4c(c3)OCO4)C2)ccc1C(=O)N1CC(=O)N(CC(F)(F)F)C(=O)C1. The van der Waals surface area contributed by atoms with Crippen molar-refractivity contribution < 1.29 is 41.9 Å². The molecule has 0 N–H and O–H groups in total. The molecule has 3 aliphatic heterocycles. The van der Waals surface area contributed by atoms with Crippen LogP contribution in [0.1, 0.15) is 40.4 Å². The minimum absolute atomic E-state index is 0.134. The first kappa shape index (κ1) is 24.6. The van der Waals surface area contributed by atoms with E-state index in [0.717, 1.165) is 16.0 Å². The first-order chi connectivity index (χ1) is 17.4. The molecule has 12 heteroatoms. The molecule has 194 valence electrons. The number of alkyl halides is 3. The summed E-state index contributed by atoms with van der Waals surface area (Å²) in [5, 5.41) is 4.25. The number of carbonyl (C=O) groups is 3. The Kier molecular flexibility index (Phi) is 5.84. The summed E-state index contributed by atoms with van der Waals surface area (Å²) in [6, 6.07) is 10.5. The van der Waals surface area contributed by atoms with Crippen LogP contribution in [0.15, 0.2) is 41.6 Å². The van der Waals surface area contributed by atoms with E-state index in [2.05, 4.69) is 5.16 Å². The monoisotopic (exact) mass is 517 g/mol. The molecule has 2 aromatic carbocycles. The summed E-state index contributed by atoms with van der Waals surface area (Å²) in [6.07, 6.45) is -4.26. The highest BCUT2D eigenvalue weighted by Crippen LogP contribution is 2.41. The van der Waals surface area contributed by atoms with Gasteiger partial charge in [0.1, 0.15) is 19.6 Å². The van der Waals surface area contributed by atoms with Crippen molar-refractivity contribution >= 4 is 23.4 Å². The van der Waals surface area contributed by atoms with Crippen molar-refractivity contribution in [1.29, 1.82) is 0 Å². The van der Waals surface area contributed by atoms with Crippen LogP contribution >= 0.6 is 0 Å². The zero-order valence-corrected chi connectivity index (χ0v) is 19.9. The Hall–Kier alpha value is -4.09. The number of rotatable bonds is 4. The number of nitrogens with zero attached hydrogens (tertiary/aromatic N) is 3. The van der Waals surface area contributed by atoms with Crippen molar-refractivity contribution in [1.82, 2.24) is 9.80 Å². The van der Waals surface area contributed by atoms with Crippen LogP contribution in [0.5, 0.6) is 11.5 Å². The molecule has 0 spiro atoms. The average molecular weight is 517 g/mol. The molecule has 0 aliphatic carbocycles. The summed E-state index contributed by atoms with van der Waals surface area (Å²) in [7, 11) is 0. The summed E-state index contributed by atoms with van der Waals surface area (Å²) in [5.74, 6) is -1.47. The number of hydrogen-bond acceptors (Lipinski definition) is 7. The molecule has 2 aromatic rings. The van der Waals surface area contributed by atoms with Crippen molar-refractivity contribution in [3.8, 4) is 11.5 Å². The van der Waals surface area contributed by atoms with E-state index in [0.29, 0.717) is 29.2 Å². The minimum Gasteiger partial charge on any atom is -0.454 e. The molecule has 0 radical (unpaired) electrons. The van der Waals surface area contributed by atoms with Gasteiger partial charge in [-0.1, -0.05) is 17.3 Å². The zero-order chi connectivity index (χ0) is 26.5. The van der Waals surface area contributed by atoms with Crippen molar-refractivity contribution in [2.45, 2.75) is 32.0 Å². The Balaban J connectivity index is 1.29. The van der Waals surface area contributed by atoms with Crippen molar-refractivity contribution in [2.75, 3.05) is 26.4 Å². The molecule has 1 atom stereocenters. The average Bonchev–Trinajstić information content (AvgIpc) is 3.47. The van der Waals surface area contributed by atoms with Crippen LogP contribution in [-0.2, 0) is 20.0 Å². The number of imide groups is 1. The maximum Gasteiger partial charge on any atom is 0.406 e. The summed E-state index contributed by atoms with van der Waals surface area (Å²) >= 11 is 0. The predicted molar refractivity (Wildman–Crippen MR) is 122 cm³/mol. The standard InChI is InChI=1S/C25H22F3N3O6/c1-14-7-15(18-9-24(2,37-29-18)16-4-6-19-20(8-16)36-13-35-19)3-5-17(14)23(34)30-10-21(32)31(22(33)11-30)12-25(26,27)28/h3-8H,9-13H2,1-2H3. The van der Waals surface area contributed by atoms with E-state index in [1.807, 2.05) is 25.1 Å². The Morgan fingerprint density at radius 2 is 1.76 bits per heavy atom. The number of hydrogen-bond donors (Lipinski definition) is 0. The van der Waals surface area contributed by atoms with Crippen molar-refractivity contribution in [3.05, 3.63) is 58.7 Å². The van der Waals surface area contributed by atoms with E-state index in [1.54, 1.807) is 25.1 Å². The Morgan fingerprint density at radius 3 is 2.43 bits per heavy atom. The van der Waals surface area contributed by atoms with Gasteiger partial charge in [-0.2, -0.15) is 13.2 Å². The smallest absolute Gasteiger partial charge is 0.406 e. The number of aryl methyl sites for hydroxylation is 1. The highest BCUT2D eigenvalue weighted by atomic mass is 19.4. The molecule has 37 heavy (non-hydrogen) atoms. The normalized spacial score (nSPS) is 21.3. The van der Waals surface area contributed by atoms with Crippen LogP contribution < -0.4 is 9.47 Å². The lowest BCUT2D eigenvalue weighted by Gasteiger charge is -2.33. The molecule has 0 saturated carbocycles. The first-order valence-electron chi connectivity index (χ1n) is 11.4. The number of benzene rings is 2. The molecule has 5 rings (SSSR count). The van der Waals surface area contributed by atoms with Crippen LogP contribution in [0, 0.1) is 6.92 Å². The van der Waals surface area contributed by atoms with Gasteiger partial charge < -0.3 is 19.2 Å². The fraction of sp³-hybridized carbons (Fsp3) is 0.360. The molecule has 3 heterocycles. The second kappa shape index (κ2) is 8.79. The summed E-state index contributed by atoms with van der Waals surface area (Å²) < 4.78 is 48.8. The van der Waals surface area contributed by atoms with E-state index in [-0.39, 0.29) is 17.3 Å². The third-order valence-corrected chi connectivity index (χ3v) is 6.51. The number of halogens is 3. The fourth-order valence-electron chi connectivity index (χ4n) is 4.52. The number of carbonyl (C=O) groups excluding carboxylic acids is 3. The molecule has 1 fully saturated rings. The maximum atomic E-state index is 13.0. The molecule has 1 unspecified atom stereocenters. The molecule has 3 aliphatic rings. The minimum atomic E-state index is -4.71. The van der Waals surface area contributed by atoms with Crippen LogP contribution in [-0.4, -0.2) is 65.8 Å². The molecule has 0 aromatic heterocycles. The Bertz CT molecular complexity index is 1320. The van der Waals surface area contributed by atoms with Crippen molar-refractivity contribution in [2.24, 2.45) is 5.16 Å². The molecule has 9 nitrogen and oxygen atoms in total. The van der Waals surface area contributed by atoms with Gasteiger partial charge in [0.2, 0.25) is 18.6 Å². The highest BCUT2D eigenvalue weighted by Gasteiger charge is 2.41. The van der Waals surface area contributed by atoms with Gasteiger partial charge in [-0.15, -0.1) is 0 Å². The molecule has 0 bridgehead atoms. The maximum absolute atomic E-state index is 13.0. The van der Waals surface area contributed by atoms with Crippen molar-refractivity contribution in [3.63, 3.8) is 0 Å². The highest BCUT2D eigenvalue weighted by molar-refractivity contribution is 6.07. The van der Waals surface area contributed by atoms with Gasteiger partial charge in [0, 0.05) is 17.5 Å². The van der Waals surface area contributed by atoms with Crippen LogP contribution in [0.4, 0.5) is 13.2 Å². The molecular formula is C25H22F3N3O6. The van der Waals surface area contributed by atoms with E-state index in [1.165, 1.54) is 0 Å². The zero-order valence-electron chi connectivity index (χ0n) is 19.9. The number of fused-ring (bicyclic) bond motifs is 1. The number of piperazine rings is 1. The van der Waals surface area contributed by atoms with Crippen LogP contribution in [0.25, 0.3) is 0 Å². The van der Waals surface area contributed by atoms with Gasteiger partial charge in [0.25, 0.3) is 5.91 Å². The largest absolute Gasteiger partial charge is 0.454 e. The number of amides is 3. The molecule has 3 amide bonds. The summed E-state index contributed by atoms with van der Waals surface area (Å²) in [4.78, 5) is 44.2. The third kappa shape index (κ3) is 4.70. The Labute approximate surface area is 209 Å². The second-order valence-electron chi connectivity index (χ2n) is 9.28. The van der Waals surface area contributed by atoms with E-state index < -0.39 is 49.1 Å². The van der Waals surface area contributed by atoms with Gasteiger partial charge in [-0.3, -0.25) is 19.3 Å². The lowest BCUT2D eigenvalue weighted by atomic mass is 9.88. The third-order valence-electron chi connectivity index (χ3n) is 6.51. The van der Waals surface area contributed by atoms with Gasteiger partial charge in [-0.25, -0.2) is 0 Å². The molecule has 1 saturated heterocycles. The topological polar surface area (TPSA) is 97.7 Å². The number of ether oxygens (including phenoxy) is 2. The van der Waals surface area contributed by atoms with Crippen LogP contribution in [0.3, 0.4) is 0 Å². The first-order valence-corrected chi connectivity index (χ1v) is 11.4. The van der Waals surface area contributed by atoms with Gasteiger partial charge >= 0.3 is 6.18 Å². The quantitative estimate of drug-likeness (QED) is 0.579. The van der Waals surface area contributed by atoms with E-state index in [9.17, 15) is 27.6 Å². The van der Waals surface area contributed by atoms with Gasteiger partial charge in [0.15, 0.2) is 17.1 Å². The predicted octanol–water partition coefficient (Wildman–Crippen LogP) is 3.14. The Morgan fingerprint density at radius 1 is 1.05 bits per heavy atom. The number of oxime groups is 1.